The molecule has 1 atom stereocenters. The molecule has 1 amide bonds. The van der Waals surface area contributed by atoms with Crippen LogP contribution in [0.2, 0.25) is 5.02 Å². The minimum absolute atomic E-state index is 0.0188. The van der Waals surface area contributed by atoms with Crippen molar-refractivity contribution in [2.75, 3.05) is 10.9 Å². The summed E-state index contributed by atoms with van der Waals surface area (Å²) in [4.78, 5) is 11.4. The second-order valence-electron chi connectivity index (χ2n) is 8.71. The molecule has 0 aliphatic carbocycles. The quantitative estimate of drug-likeness (QED) is 0.199. The number of nitrogens with zero attached hydrogens (tertiary/aromatic N) is 2. The van der Waals surface area contributed by atoms with Crippen molar-refractivity contribution in [2.24, 2.45) is 16.7 Å². The van der Waals surface area contributed by atoms with Gasteiger partial charge in [-0.3, -0.25) is 9.10 Å². The smallest absolute Gasteiger partial charge is 0.266 e. The van der Waals surface area contributed by atoms with Crippen LogP contribution in [-0.2, 0) is 21.2 Å². The van der Waals surface area contributed by atoms with Crippen molar-refractivity contribution in [1.29, 1.82) is 0 Å². The number of hydrogen-bond donors (Lipinski definition) is 2. The highest BCUT2D eigenvalue weighted by atomic mass is 35.5. The van der Waals surface area contributed by atoms with E-state index in [4.69, 9.17) is 27.9 Å². The summed E-state index contributed by atoms with van der Waals surface area (Å²) in [5.41, 5.74) is 8.55. The number of aryl methyl sites for hydroxylation is 1. The van der Waals surface area contributed by atoms with Crippen LogP contribution in [0.1, 0.15) is 36.5 Å². The number of carbonyl (C=O) groups is 1. The van der Waals surface area contributed by atoms with Gasteiger partial charge in [0.25, 0.3) is 10.0 Å². The van der Waals surface area contributed by atoms with Crippen molar-refractivity contribution >= 4 is 39.4 Å². The number of hydrogen-bond acceptors (Lipinski definition) is 6. The molecule has 8 nitrogen and oxygen atoms in total. The maximum atomic E-state index is 13.8. The van der Waals surface area contributed by atoms with E-state index in [0.717, 1.165) is 16.7 Å². The summed E-state index contributed by atoms with van der Waals surface area (Å²) in [6, 6.07) is 18.8. The molecular formula is C27H31ClN4O4S. The first kappa shape index (κ1) is 28.0. The number of ether oxygens (including phenoxy) is 1. The molecule has 0 heterocycles. The Morgan fingerprint density at radius 3 is 2.49 bits per heavy atom. The molecule has 3 aromatic rings. The molecule has 3 rings (SSSR count). The number of carbonyl (C=O) groups excluding carboxylic acids is 1. The number of anilines is 1. The van der Waals surface area contributed by atoms with Gasteiger partial charge >= 0.3 is 0 Å². The molecule has 0 aliphatic heterocycles. The standard InChI is InChI=1S/C27H31ClN4O4S/c1-19-15-23(17-24(16-19)36-14-13-21-8-10-22(11-9-21)18-31-30)32(20(2)7-12-27(29)33)37(34,35)26-6-4-3-5-25(26)28/h3-6,8-11,15-18,20H,7,12-14,30H2,1-2H3,(H2,29,33). The van der Waals surface area contributed by atoms with E-state index in [1.165, 1.54) is 16.4 Å². The van der Waals surface area contributed by atoms with Crippen molar-refractivity contribution < 1.29 is 17.9 Å². The molecule has 4 N–H and O–H groups in total. The normalized spacial score (nSPS) is 12.4. The maximum absolute atomic E-state index is 13.8. The van der Waals surface area contributed by atoms with Crippen molar-refractivity contribution in [1.82, 2.24) is 0 Å². The molecule has 0 fully saturated rings. The molecule has 196 valence electrons. The van der Waals surface area contributed by atoms with Gasteiger partial charge in [-0.2, -0.15) is 5.10 Å². The SMILES string of the molecule is Cc1cc(OCCc2ccc(C=NN)cc2)cc(N(C(C)CCC(N)=O)S(=O)(=O)c2ccccc2Cl)c1. The zero-order chi connectivity index (χ0) is 27.0. The molecule has 3 aromatic carbocycles. The third kappa shape index (κ3) is 7.47. The summed E-state index contributed by atoms with van der Waals surface area (Å²) in [6.45, 7) is 3.99. The molecule has 0 aliphatic rings. The second-order valence-corrected chi connectivity index (χ2v) is 10.9. The van der Waals surface area contributed by atoms with Gasteiger partial charge in [0.05, 0.1) is 23.5 Å². The van der Waals surface area contributed by atoms with Gasteiger partial charge in [-0.15, -0.1) is 0 Å². The number of sulfonamides is 1. The molecule has 0 saturated carbocycles. The first-order valence-electron chi connectivity index (χ1n) is 11.8. The average molecular weight is 543 g/mol. The van der Waals surface area contributed by atoms with E-state index in [1.807, 2.05) is 37.3 Å². The van der Waals surface area contributed by atoms with Crippen molar-refractivity contribution in [3.8, 4) is 5.75 Å². The molecule has 0 bridgehead atoms. The minimum Gasteiger partial charge on any atom is -0.493 e. The number of benzene rings is 3. The average Bonchev–Trinajstić information content (AvgIpc) is 2.84. The van der Waals surface area contributed by atoms with Gasteiger partial charge in [0, 0.05) is 24.9 Å². The van der Waals surface area contributed by atoms with Gasteiger partial charge in [-0.25, -0.2) is 8.42 Å². The largest absolute Gasteiger partial charge is 0.493 e. The van der Waals surface area contributed by atoms with Crippen LogP contribution >= 0.6 is 11.6 Å². The first-order valence-corrected chi connectivity index (χ1v) is 13.6. The monoisotopic (exact) mass is 542 g/mol. The number of amides is 1. The van der Waals surface area contributed by atoms with Gasteiger partial charge in [0.15, 0.2) is 0 Å². The Balaban J connectivity index is 1.89. The molecule has 0 aromatic heterocycles. The van der Waals surface area contributed by atoms with Crippen LogP contribution in [0.3, 0.4) is 0 Å². The molecule has 37 heavy (non-hydrogen) atoms. The van der Waals surface area contributed by atoms with Gasteiger partial charge in [-0.05, 0) is 61.2 Å². The molecule has 10 heteroatoms. The molecule has 0 spiro atoms. The molecule has 1 unspecified atom stereocenters. The van der Waals surface area contributed by atoms with Crippen molar-refractivity contribution in [3.05, 3.63) is 88.4 Å². The van der Waals surface area contributed by atoms with E-state index in [9.17, 15) is 13.2 Å². The second kappa shape index (κ2) is 12.6. The number of hydrazone groups is 1. The fourth-order valence-corrected chi connectivity index (χ4v) is 6.11. The minimum atomic E-state index is -4.06. The Morgan fingerprint density at radius 1 is 1.14 bits per heavy atom. The number of nitrogens with two attached hydrogens (primary N) is 2. The summed E-state index contributed by atoms with van der Waals surface area (Å²) in [6.07, 6.45) is 2.51. The topological polar surface area (TPSA) is 128 Å². The summed E-state index contributed by atoms with van der Waals surface area (Å²) in [5.74, 6) is 5.22. The zero-order valence-corrected chi connectivity index (χ0v) is 22.4. The Hall–Kier alpha value is -3.56. The lowest BCUT2D eigenvalue weighted by molar-refractivity contribution is -0.118. The Bertz CT molecular complexity index is 1360. The van der Waals surface area contributed by atoms with E-state index in [0.29, 0.717) is 24.5 Å². The van der Waals surface area contributed by atoms with E-state index < -0.39 is 22.0 Å². The maximum Gasteiger partial charge on any atom is 0.266 e. The predicted octanol–water partition coefficient (Wildman–Crippen LogP) is 4.41. The van der Waals surface area contributed by atoms with Crippen LogP contribution in [-0.4, -0.2) is 33.2 Å². The molecular weight excluding hydrogens is 512 g/mol. The van der Waals surface area contributed by atoms with Crippen molar-refractivity contribution in [3.63, 3.8) is 0 Å². The number of primary amides is 1. The van der Waals surface area contributed by atoms with Gasteiger partial charge < -0.3 is 16.3 Å². The highest BCUT2D eigenvalue weighted by molar-refractivity contribution is 7.93. The van der Waals surface area contributed by atoms with Crippen LogP contribution < -0.4 is 20.6 Å². The van der Waals surface area contributed by atoms with E-state index in [-0.39, 0.29) is 22.8 Å². The summed E-state index contributed by atoms with van der Waals surface area (Å²) in [5, 5.41) is 3.63. The molecule has 0 radical (unpaired) electrons. The number of rotatable bonds is 12. The summed E-state index contributed by atoms with van der Waals surface area (Å²) in [7, 11) is -4.06. The van der Waals surface area contributed by atoms with E-state index in [1.54, 1.807) is 37.4 Å². The van der Waals surface area contributed by atoms with Crippen LogP contribution in [0.15, 0.2) is 76.7 Å². The lowest BCUT2D eigenvalue weighted by Gasteiger charge is -2.31. The Labute approximate surface area is 222 Å². The predicted molar refractivity (Wildman–Crippen MR) is 148 cm³/mol. The highest BCUT2D eigenvalue weighted by Gasteiger charge is 2.31. The Kier molecular flexibility index (Phi) is 9.54. The van der Waals surface area contributed by atoms with Crippen LogP contribution in [0.4, 0.5) is 5.69 Å². The highest BCUT2D eigenvalue weighted by Crippen LogP contribution is 2.34. The fourth-order valence-electron chi connectivity index (χ4n) is 3.94. The summed E-state index contributed by atoms with van der Waals surface area (Å²) < 4.78 is 34.9. The third-order valence-corrected chi connectivity index (χ3v) is 8.18. The third-order valence-electron chi connectivity index (χ3n) is 5.74. The summed E-state index contributed by atoms with van der Waals surface area (Å²) >= 11 is 6.27. The van der Waals surface area contributed by atoms with Crippen molar-refractivity contribution in [2.45, 2.75) is 44.0 Å². The lowest BCUT2D eigenvalue weighted by atomic mass is 10.1. The van der Waals surface area contributed by atoms with E-state index in [2.05, 4.69) is 5.10 Å². The number of halogens is 1. The van der Waals surface area contributed by atoms with Crippen LogP contribution in [0.25, 0.3) is 0 Å². The van der Waals surface area contributed by atoms with Crippen LogP contribution in [0, 0.1) is 6.92 Å². The van der Waals surface area contributed by atoms with Gasteiger partial charge in [0.2, 0.25) is 5.91 Å². The van der Waals surface area contributed by atoms with Gasteiger partial charge in [0.1, 0.15) is 10.6 Å². The Morgan fingerprint density at radius 2 is 1.84 bits per heavy atom. The van der Waals surface area contributed by atoms with Crippen LogP contribution in [0.5, 0.6) is 5.75 Å². The molecule has 0 saturated heterocycles. The first-order chi connectivity index (χ1) is 17.6. The van der Waals surface area contributed by atoms with E-state index >= 15 is 0 Å². The van der Waals surface area contributed by atoms with Gasteiger partial charge in [-0.1, -0.05) is 48.0 Å². The lowest BCUT2D eigenvalue weighted by Crippen LogP contribution is -2.39. The fraction of sp³-hybridized carbons (Fsp3) is 0.259. The zero-order valence-electron chi connectivity index (χ0n) is 20.8.